The van der Waals surface area contributed by atoms with Gasteiger partial charge >= 0.3 is 0 Å². The highest BCUT2D eigenvalue weighted by Crippen LogP contribution is 2.24. The highest BCUT2D eigenvalue weighted by molar-refractivity contribution is 5.97. The SMILES string of the molecule is Cc1ccc(NC(=O)C(C)(C)C)cc1NC(=O)Cc1ccccc1O. The van der Waals surface area contributed by atoms with Crippen LogP contribution in [0.1, 0.15) is 31.9 Å². The molecule has 0 radical (unpaired) electrons. The van der Waals surface area contributed by atoms with Crippen molar-refractivity contribution in [1.29, 1.82) is 0 Å². The Hall–Kier alpha value is -2.82. The average Bonchev–Trinajstić information content (AvgIpc) is 2.52. The minimum atomic E-state index is -0.501. The number of hydrogen-bond donors (Lipinski definition) is 3. The number of benzene rings is 2. The van der Waals surface area contributed by atoms with Gasteiger partial charge in [0.15, 0.2) is 0 Å². The maximum atomic E-state index is 12.3. The predicted molar refractivity (Wildman–Crippen MR) is 99.7 cm³/mol. The van der Waals surface area contributed by atoms with Crippen molar-refractivity contribution >= 4 is 23.2 Å². The first-order chi connectivity index (χ1) is 11.7. The second-order valence-electron chi connectivity index (χ2n) is 7.09. The van der Waals surface area contributed by atoms with Crippen molar-refractivity contribution in [3.05, 3.63) is 53.6 Å². The lowest BCUT2D eigenvalue weighted by Crippen LogP contribution is -2.27. The number of phenols is 1. The molecule has 0 aliphatic rings. The number of phenolic OH excluding ortho intramolecular Hbond substituents is 1. The summed E-state index contributed by atoms with van der Waals surface area (Å²) in [6, 6.07) is 12.1. The quantitative estimate of drug-likeness (QED) is 0.790. The van der Waals surface area contributed by atoms with Gasteiger partial charge in [0.2, 0.25) is 11.8 Å². The van der Waals surface area contributed by atoms with Gasteiger partial charge in [-0.25, -0.2) is 0 Å². The molecule has 0 saturated carbocycles. The third-order valence-corrected chi connectivity index (χ3v) is 3.79. The normalized spacial score (nSPS) is 11.0. The first-order valence-electron chi connectivity index (χ1n) is 8.15. The molecule has 0 aromatic heterocycles. The van der Waals surface area contributed by atoms with E-state index in [1.807, 2.05) is 33.8 Å². The topological polar surface area (TPSA) is 78.4 Å². The van der Waals surface area contributed by atoms with Crippen LogP contribution in [0.3, 0.4) is 0 Å². The Balaban J connectivity index is 2.11. The van der Waals surface area contributed by atoms with Crippen LogP contribution in [-0.4, -0.2) is 16.9 Å². The fourth-order valence-electron chi connectivity index (χ4n) is 2.18. The van der Waals surface area contributed by atoms with E-state index in [0.29, 0.717) is 16.9 Å². The summed E-state index contributed by atoms with van der Waals surface area (Å²) >= 11 is 0. The lowest BCUT2D eigenvalue weighted by Gasteiger charge is -2.18. The summed E-state index contributed by atoms with van der Waals surface area (Å²) in [5.74, 6) is -0.229. The summed E-state index contributed by atoms with van der Waals surface area (Å²) in [4.78, 5) is 24.4. The highest BCUT2D eigenvalue weighted by Gasteiger charge is 2.21. The molecule has 0 unspecified atom stereocenters. The van der Waals surface area contributed by atoms with Gasteiger partial charge in [-0.2, -0.15) is 0 Å². The minimum absolute atomic E-state index is 0.0741. The van der Waals surface area contributed by atoms with E-state index in [1.54, 1.807) is 36.4 Å². The summed E-state index contributed by atoms with van der Waals surface area (Å²) < 4.78 is 0. The second-order valence-corrected chi connectivity index (χ2v) is 7.09. The molecule has 0 aliphatic heterocycles. The molecule has 0 heterocycles. The first-order valence-corrected chi connectivity index (χ1v) is 8.15. The monoisotopic (exact) mass is 340 g/mol. The molecule has 0 spiro atoms. The van der Waals surface area contributed by atoms with Crippen LogP contribution in [0.4, 0.5) is 11.4 Å². The van der Waals surface area contributed by atoms with Crippen molar-refractivity contribution in [2.45, 2.75) is 34.1 Å². The Bertz CT molecular complexity index is 792. The van der Waals surface area contributed by atoms with Crippen molar-refractivity contribution in [1.82, 2.24) is 0 Å². The molecule has 0 aliphatic carbocycles. The van der Waals surface area contributed by atoms with Crippen LogP contribution in [0.15, 0.2) is 42.5 Å². The van der Waals surface area contributed by atoms with Gasteiger partial charge in [0.25, 0.3) is 0 Å². The molecule has 0 saturated heterocycles. The zero-order valence-corrected chi connectivity index (χ0v) is 15.0. The molecular formula is C20H24N2O3. The number of nitrogens with one attached hydrogen (secondary N) is 2. The van der Waals surface area contributed by atoms with Crippen molar-refractivity contribution in [3.8, 4) is 5.75 Å². The average molecular weight is 340 g/mol. The van der Waals surface area contributed by atoms with Gasteiger partial charge < -0.3 is 15.7 Å². The Morgan fingerprint density at radius 1 is 1.04 bits per heavy atom. The number of amides is 2. The lowest BCUT2D eigenvalue weighted by atomic mass is 9.95. The van der Waals surface area contributed by atoms with Crippen LogP contribution < -0.4 is 10.6 Å². The van der Waals surface area contributed by atoms with Gasteiger partial charge in [-0.15, -0.1) is 0 Å². The molecule has 5 heteroatoms. The molecule has 2 aromatic carbocycles. The van der Waals surface area contributed by atoms with Gasteiger partial charge in [0, 0.05) is 22.4 Å². The number of aromatic hydroxyl groups is 1. The van der Waals surface area contributed by atoms with Crippen LogP contribution in [0.25, 0.3) is 0 Å². The van der Waals surface area contributed by atoms with E-state index >= 15 is 0 Å². The smallest absolute Gasteiger partial charge is 0.229 e. The number of carbonyl (C=O) groups is 2. The van der Waals surface area contributed by atoms with Crippen LogP contribution in [0.2, 0.25) is 0 Å². The zero-order valence-electron chi connectivity index (χ0n) is 15.0. The number of para-hydroxylation sites is 1. The number of carbonyl (C=O) groups excluding carboxylic acids is 2. The van der Waals surface area contributed by atoms with Crippen LogP contribution >= 0.6 is 0 Å². The molecule has 132 valence electrons. The van der Waals surface area contributed by atoms with E-state index in [0.717, 1.165) is 5.56 Å². The fourth-order valence-corrected chi connectivity index (χ4v) is 2.18. The first kappa shape index (κ1) is 18.5. The van der Waals surface area contributed by atoms with Crippen molar-refractivity contribution in [2.24, 2.45) is 5.41 Å². The summed E-state index contributed by atoms with van der Waals surface area (Å²) in [6.45, 7) is 7.40. The van der Waals surface area contributed by atoms with Crippen molar-refractivity contribution in [2.75, 3.05) is 10.6 Å². The van der Waals surface area contributed by atoms with Crippen molar-refractivity contribution < 1.29 is 14.7 Å². The van der Waals surface area contributed by atoms with E-state index in [9.17, 15) is 14.7 Å². The maximum Gasteiger partial charge on any atom is 0.229 e. The molecule has 3 N–H and O–H groups in total. The largest absolute Gasteiger partial charge is 0.508 e. The molecule has 0 fully saturated rings. The molecule has 2 rings (SSSR count). The summed E-state index contributed by atoms with van der Waals surface area (Å²) in [6.07, 6.45) is 0.0741. The standard InChI is InChI=1S/C20H24N2O3/c1-13-9-10-15(21-19(25)20(2,3)4)12-16(13)22-18(24)11-14-7-5-6-8-17(14)23/h5-10,12,23H,11H2,1-4H3,(H,21,25)(H,22,24). The van der Waals surface area contributed by atoms with E-state index in [1.165, 1.54) is 0 Å². The van der Waals surface area contributed by atoms with Gasteiger partial charge in [-0.05, 0) is 30.7 Å². The summed E-state index contributed by atoms with van der Waals surface area (Å²) in [5, 5.41) is 15.5. The number of rotatable bonds is 4. The number of anilines is 2. The predicted octanol–water partition coefficient (Wildman–Crippen LogP) is 3.87. The van der Waals surface area contributed by atoms with E-state index < -0.39 is 5.41 Å². The Morgan fingerprint density at radius 2 is 1.72 bits per heavy atom. The van der Waals surface area contributed by atoms with Gasteiger partial charge in [-0.3, -0.25) is 9.59 Å². The van der Waals surface area contributed by atoms with Gasteiger partial charge in [-0.1, -0.05) is 45.0 Å². The Kier molecular flexibility index (Phi) is 5.47. The molecular weight excluding hydrogens is 316 g/mol. The Morgan fingerprint density at radius 3 is 2.36 bits per heavy atom. The second kappa shape index (κ2) is 7.38. The number of hydrogen-bond acceptors (Lipinski definition) is 3. The molecule has 2 amide bonds. The zero-order chi connectivity index (χ0) is 18.6. The molecule has 5 nitrogen and oxygen atoms in total. The number of aryl methyl sites for hydroxylation is 1. The fraction of sp³-hybridized carbons (Fsp3) is 0.300. The molecule has 25 heavy (non-hydrogen) atoms. The lowest BCUT2D eigenvalue weighted by molar-refractivity contribution is -0.123. The van der Waals surface area contributed by atoms with Crippen molar-refractivity contribution in [3.63, 3.8) is 0 Å². The van der Waals surface area contributed by atoms with E-state index in [-0.39, 0.29) is 24.0 Å². The van der Waals surface area contributed by atoms with Crippen LogP contribution in [-0.2, 0) is 16.0 Å². The highest BCUT2D eigenvalue weighted by atomic mass is 16.3. The molecule has 0 bridgehead atoms. The third kappa shape index (κ3) is 5.08. The van der Waals surface area contributed by atoms with E-state index in [2.05, 4.69) is 10.6 Å². The minimum Gasteiger partial charge on any atom is -0.508 e. The van der Waals surface area contributed by atoms with Crippen LogP contribution in [0.5, 0.6) is 5.75 Å². The summed E-state index contributed by atoms with van der Waals surface area (Å²) in [7, 11) is 0. The summed E-state index contributed by atoms with van der Waals surface area (Å²) in [5.41, 5.74) is 2.21. The van der Waals surface area contributed by atoms with Crippen LogP contribution in [0, 0.1) is 12.3 Å². The Labute approximate surface area is 148 Å². The molecule has 0 atom stereocenters. The van der Waals surface area contributed by atoms with Gasteiger partial charge in [0.1, 0.15) is 5.75 Å². The van der Waals surface area contributed by atoms with E-state index in [4.69, 9.17) is 0 Å². The molecule has 2 aromatic rings. The van der Waals surface area contributed by atoms with Gasteiger partial charge in [0.05, 0.1) is 6.42 Å². The third-order valence-electron chi connectivity index (χ3n) is 3.79. The maximum absolute atomic E-state index is 12.3.